The van der Waals surface area contributed by atoms with Crippen molar-refractivity contribution < 1.29 is 61.9 Å². The maximum Gasteiger partial charge on any atom is 0.313 e. The first-order chi connectivity index (χ1) is 34.5. The van der Waals surface area contributed by atoms with E-state index in [1.54, 1.807) is 0 Å². The van der Waals surface area contributed by atoms with E-state index in [-0.39, 0.29) is 74.4 Å². The van der Waals surface area contributed by atoms with Crippen molar-refractivity contribution in [1.29, 1.82) is 0 Å². The summed E-state index contributed by atoms with van der Waals surface area (Å²) >= 11 is 0. The lowest BCUT2D eigenvalue weighted by atomic mass is 9.50. The zero-order valence-electron chi connectivity index (χ0n) is 47.9. The van der Waals surface area contributed by atoms with E-state index in [1.807, 2.05) is 83.1 Å². The number of Topliss-reactive ketones (excluding diaryl/α,β-unsaturated/α-hetero) is 1. The molecule has 5 atom stereocenters. The van der Waals surface area contributed by atoms with Gasteiger partial charge in [0.2, 0.25) is 0 Å². The molecule has 0 radical (unpaired) electrons. The third-order valence-electron chi connectivity index (χ3n) is 18.9. The van der Waals surface area contributed by atoms with Gasteiger partial charge in [0.05, 0.1) is 46.6 Å². The predicted molar refractivity (Wildman–Crippen MR) is 280 cm³/mol. The van der Waals surface area contributed by atoms with Crippen LogP contribution in [0.15, 0.2) is 0 Å². The minimum absolute atomic E-state index is 0.0114. The van der Waals surface area contributed by atoms with E-state index < -0.39 is 16.2 Å². The van der Waals surface area contributed by atoms with Crippen molar-refractivity contribution >= 4 is 29.7 Å². The molecule has 0 amide bonds. The fourth-order valence-corrected chi connectivity index (χ4v) is 12.8. The van der Waals surface area contributed by atoms with Gasteiger partial charge in [-0.05, 0) is 206 Å². The molecule has 0 aromatic rings. The molecule has 0 heterocycles. The van der Waals surface area contributed by atoms with Gasteiger partial charge >= 0.3 is 23.9 Å². The highest BCUT2D eigenvalue weighted by Gasteiger charge is 2.54. The van der Waals surface area contributed by atoms with Crippen molar-refractivity contribution in [1.82, 2.24) is 0 Å². The Kier molecular flexibility index (Phi) is 23.2. The molecule has 5 unspecified atom stereocenters. The van der Waals surface area contributed by atoms with Crippen LogP contribution in [0.25, 0.3) is 0 Å². The molecule has 13 heteroatoms. The Bertz CT molecular complexity index is 1720. The molecule has 0 aromatic heterocycles. The van der Waals surface area contributed by atoms with Crippen molar-refractivity contribution in [2.24, 2.45) is 68.5 Å². The maximum absolute atomic E-state index is 12.3. The summed E-state index contributed by atoms with van der Waals surface area (Å²) < 4.78 is 43.4. The fourth-order valence-electron chi connectivity index (χ4n) is 12.8. The second-order valence-corrected chi connectivity index (χ2v) is 26.3. The topological polar surface area (TPSA) is 159 Å². The highest BCUT2D eigenvalue weighted by Crippen LogP contribution is 2.60. The van der Waals surface area contributed by atoms with Gasteiger partial charge in [0.1, 0.15) is 5.78 Å². The van der Waals surface area contributed by atoms with Gasteiger partial charge < -0.3 is 37.9 Å². The standard InChI is InChI=1S/C18H30O3.C17H26O4.C13H24O3.C12H22O3/c1-4-17(2,3)16(19)21-12-20-11-18-8-13-5-14(9-18)7-15(6-13)10-18;1-4-17(2,3)16(19)21-9-20-15-12-6-10-5-11(8-12)14(18)13(15)7-10;1-4-13(2,3)12(14)16-10-15-11-8-6-5-7-9-11;1-4-12(2,3)11(13)15-9-14-10-7-5-6-8-10/h13-15H,4-12H2,1-3H3;10-13,15H,4-9H2,1-3H3;11H,4-10H2,1-3H3;10H,4-9H2,1-3H3. The van der Waals surface area contributed by atoms with Gasteiger partial charge in [-0.3, -0.25) is 24.0 Å². The smallest absolute Gasteiger partial charge is 0.313 e. The number of carbonyl (C=O) groups excluding carboxylic acids is 5. The summed E-state index contributed by atoms with van der Waals surface area (Å²) in [5, 5.41) is 0. The normalized spacial score (nSPS) is 29.5. The summed E-state index contributed by atoms with van der Waals surface area (Å²) in [6.45, 7) is 24.3. The summed E-state index contributed by atoms with van der Waals surface area (Å²) in [6.07, 6.45) is 27.0. The van der Waals surface area contributed by atoms with Crippen LogP contribution in [0.2, 0.25) is 0 Å². The van der Waals surface area contributed by atoms with Crippen LogP contribution in [-0.2, 0) is 61.9 Å². The Morgan fingerprint density at radius 2 is 0.849 bits per heavy atom. The van der Waals surface area contributed by atoms with E-state index >= 15 is 0 Å². The maximum atomic E-state index is 12.3. The first kappa shape index (κ1) is 61.2. The molecule has 0 aromatic carbocycles. The minimum atomic E-state index is -0.469. The van der Waals surface area contributed by atoms with E-state index in [2.05, 4.69) is 0 Å². The lowest BCUT2D eigenvalue weighted by Crippen LogP contribution is -2.55. The molecule has 0 saturated heterocycles. The molecule has 0 spiro atoms. The highest BCUT2D eigenvalue weighted by atomic mass is 16.7. The molecule has 73 heavy (non-hydrogen) atoms. The van der Waals surface area contributed by atoms with Gasteiger partial charge in [0, 0.05) is 11.8 Å². The van der Waals surface area contributed by atoms with Gasteiger partial charge in [-0.1, -0.05) is 59.8 Å². The van der Waals surface area contributed by atoms with Gasteiger partial charge in [-0.25, -0.2) is 0 Å². The third kappa shape index (κ3) is 17.7. The number of esters is 4. The van der Waals surface area contributed by atoms with Crippen LogP contribution in [0, 0.1) is 68.5 Å². The Morgan fingerprint density at radius 3 is 1.26 bits per heavy atom. The SMILES string of the molecule is CCC(C)(C)C(=O)OCOC1C2CC3CC(C2)C(=O)C1C3.CCC(C)(C)C(=O)OCOC1CCCC1.CCC(C)(C)C(=O)OCOC1CCCCC1.CCC(C)(C)C(=O)OCOCC12CC3CC(CC(C3)C1)C2. The van der Waals surface area contributed by atoms with Crippen molar-refractivity contribution in [3.8, 4) is 0 Å². The predicted octanol–water partition coefficient (Wildman–Crippen LogP) is 13.3. The highest BCUT2D eigenvalue weighted by molar-refractivity contribution is 5.86. The van der Waals surface area contributed by atoms with Crippen molar-refractivity contribution in [2.75, 3.05) is 33.8 Å². The van der Waals surface area contributed by atoms with E-state index in [1.165, 1.54) is 77.0 Å². The second-order valence-electron chi connectivity index (χ2n) is 26.3. The zero-order chi connectivity index (χ0) is 53.6. The summed E-state index contributed by atoms with van der Waals surface area (Å²) in [5.74, 6) is 4.09. The van der Waals surface area contributed by atoms with Crippen LogP contribution < -0.4 is 0 Å². The summed E-state index contributed by atoms with van der Waals surface area (Å²) in [5.41, 5.74) is -1.25. The fraction of sp³-hybridized carbons (Fsp3) is 0.917. The second kappa shape index (κ2) is 27.6. The summed E-state index contributed by atoms with van der Waals surface area (Å²) in [7, 11) is 0. The molecule has 13 nitrogen and oxygen atoms in total. The first-order valence-electron chi connectivity index (χ1n) is 29.1. The molecule has 10 aliphatic rings. The molecule has 10 rings (SSSR count). The Morgan fingerprint density at radius 1 is 0.466 bits per heavy atom. The van der Waals surface area contributed by atoms with Gasteiger partial charge in [-0.15, -0.1) is 0 Å². The molecular formula is C60H102O13. The zero-order valence-corrected chi connectivity index (χ0v) is 47.9. The number of carbonyl (C=O) groups is 5. The van der Waals surface area contributed by atoms with Crippen LogP contribution in [-0.4, -0.2) is 81.8 Å². The Labute approximate surface area is 441 Å². The van der Waals surface area contributed by atoms with Crippen LogP contribution in [0.5, 0.6) is 0 Å². The molecule has 0 N–H and O–H groups in total. The summed E-state index contributed by atoms with van der Waals surface area (Å²) in [4.78, 5) is 59.4. The van der Waals surface area contributed by atoms with Crippen LogP contribution in [0.1, 0.15) is 231 Å². The van der Waals surface area contributed by atoms with E-state index in [0.717, 1.165) is 101 Å². The minimum Gasteiger partial charge on any atom is -0.438 e. The molecule has 420 valence electrons. The number of hydrogen-bond acceptors (Lipinski definition) is 13. The monoisotopic (exact) mass is 1030 g/mol. The van der Waals surface area contributed by atoms with Crippen LogP contribution >= 0.6 is 0 Å². The lowest BCUT2D eigenvalue weighted by molar-refractivity contribution is -0.193. The van der Waals surface area contributed by atoms with Gasteiger partial charge in [0.15, 0.2) is 27.2 Å². The number of rotatable bonds is 21. The Hall–Kier alpha value is -2.61. The third-order valence-corrected chi connectivity index (χ3v) is 18.9. The average Bonchev–Trinajstić information content (AvgIpc) is 3.89. The first-order valence-corrected chi connectivity index (χ1v) is 29.1. The molecule has 0 aliphatic heterocycles. The van der Waals surface area contributed by atoms with Crippen LogP contribution in [0.3, 0.4) is 0 Å². The number of ether oxygens (including phenoxy) is 8. The molecule has 10 saturated carbocycles. The molecule has 10 aliphatic carbocycles. The largest absolute Gasteiger partial charge is 0.438 e. The van der Waals surface area contributed by atoms with E-state index in [0.29, 0.717) is 29.3 Å². The molecule has 8 bridgehead atoms. The lowest BCUT2D eigenvalue weighted by Gasteiger charge is -2.56. The van der Waals surface area contributed by atoms with E-state index in [9.17, 15) is 24.0 Å². The van der Waals surface area contributed by atoms with Gasteiger partial charge in [-0.2, -0.15) is 0 Å². The Balaban J connectivity index is 0.000000183. The molecular weight excluding hydrogens is 929 g/mol. The number of ketones is 1. The molecule has 10 fully saturated rings. The van der Waals surface area contributed by atoms with Crippen molar-refractivity contribution in [3.05, 3.63) is 0 Å². The van der Waals surface area contributed by atoms with Crippen molar-refractivity contribution in [3.63, 3.8) is 0 Å². The van der Waals surface area contributed by atoms with Crippen LogP contribution in [0.4, 0.5) is 0 Å². The van der Waals surface area contributed by atoms with Crippen molar-refractivity contribution in [2.45, 2.75) is 249 Å². The summed E-state index contributed by atoms with van der Waals surface area (Å²) in [6, 6.07) is 0. The number of hydrogen-bond donors (Lipinski definition) is 0. The van der Waals surface area contributed by atoms with E-state index in [4.69, 9.17) is 37.9 Å². The quantitative estimate of drug-likeness (QED) is 0.0463. The average molecular weight is 1030 g/mol. The van der Waals surface area contributed by atoms with Gasteiger partial charge in [0.25, 0.3) is 0 Å².